The Morgan fingerprint density at radius 2 is 2.00 bits per heavy atom. The van der Waals surface area contributed by atoms with Gasteiger partial charge in [-0.05, 0) is 37.5 Å². The van der Waals surface area contributed by atoms with Crippen molar-refractivity contribution in [1.82, 2.24) is 14.5 Å². The fraction of sp³-hybridized carbons (Fsp3) is 0.333. The number of aromatic nitrogens is 2. The number of oxazole rings is 1. The van der Waals surface area contributed by atoms with E-state index >= 15 is 0 Å². The van der Waals surface area contributed by atoms with Crippen LogP contribution in [0.5, 0.6) is 0 Å². The van der Waals surface area contributed by atoms with Gasteiger partial charge in [0.05, 0.1) is 16.5 Å². The molecule has 0 spiro atoms. The molecule has 32 heavy (non-hydrogen) atoms. The van der Waals surface area contributed by atoms with Gasteiger partial charge < -0.3 is 14.6 Å². The zero-order valence-corrected chi connectivity index (χ0v) is 17.3. The number of nitro benzene ring substituents is 1. The Bertz CT molecular complexity index is 1240. The largest absolute Gasteiger partial charge is 0.420 e. The van der Waals surface area contributed by atoms with E-state index < -0.39 is 10.7 Å². The molecule has 4 rings (SSSR count). The summed E-state index contributed by atoms with van der Waals surface area (Å²) in [6.07, 6.45) is 2.67. The number of carbonyl (C=O) groups is 2. The van der Waals surface area contributed by atoms with Crippen LogP contribution in [-0.2, 0) is 16.1 Å². The van der Waals surface area contributed by atoms with E-state index in [1.807, 2.05) is 13.0 Å². The van der Waals surface area contributed by atoms with E-state index in [0.717, 1.165) is 16.2 Å². The van der Waals surface area contributed by atoms with Crippen LogP contribution in [0.25, 0.3) is 11.1 Å². The molecule has 1 fully saturated rings. The van der Waals surface area contributed by atoms with Crippen LogP contribution in [0.3, 0.4) is 0 Å². The first-order chi connectivity index (χ1) is 15.3. The Hall–Kier alpha value is -4.02. The number of piperidine rings is 1. The highest BCUT2D eigenvalue weighted by Crippen LogP contribution is 2.22. The zero-order chi connectivity index (χ0) is 22.8. The molecule has 1 aliphatic heterocycles. The van der Waals surface area contributed by atoms with Crippen LogP contribution in [-0.4, -0.2) is 44.3 Å². The second-order valence-corrected chi connectivity index (χ2v) is 7.73. The van der Waals surface area contributed by atoms with E-state index in [9.17, 15) is 24.5 Å². The predicted molar refractivity (Wildman–Crippen MR) is 114 cm³/mol. The molecule has 0 aliphatic carbocycles. The molecule has 1 N–H and O–H groups in total. The summed E-state index contributed by atoms with van der Waals surface area (Å²) in [6, 6.07) is 7.41. The van der Waals surface area contributed by atoms with Gasteiger partial charge >= 0.3 is 5.76 Å². The van der Waals surface area contributed by atoms with E-state index in [0.29, 0.717) is 37.3 Å². The lowest BCUT2D eigenvalue weighted by molar-refractivity contribution is -0.384. The number of hydrogen-bond acceptors (Lipinski definition) is 7. The van der Waals surface area contributed by atoms with Gasteiger partial charge in [0.15, 0.2) is 5.58 Å². The molecule has 0 radical (unpaired) electrons. The number of nitro groups is 1. The molecule has 3 aromatic rings. The molecule has 2 aromatic heterocycles. The number of nitrogens with zero attached hydrogens (tertiary/aromatic N) is 4. The average molecular weight is 439 g/mol. The topological polar surface area (TPSA) is 141 Å². The van der Waals surface area contributed by atoms with Crippen molar-refractivity contribution in [3.05, 3.63) is 62.8 Å². The lowest BCUT2D eigenvalue weighted by atomic mass is 9.96. The maximum Gasteiger partial charge on any atom is 0.420 e. The second-order valence-electron chi connectivity index (χ2n) is 7.73. The lowest BCUT2D eigenvalue weighted by Crippen LogP contribution is -2.43. The normalized spacial score (nSPS) is 14.5. The average Bonchev–Trinajstić information content (AvgIpc) is 3.09. The van der Waals surface area contributed by atoms with Gasteiger partial charge in [-0.15, -0.1) is 0 Å². The highest BCUT2D eigenvalue weighted by Gasteiger charge is 2.28. The lowest BCUT2D eigenvalue weighted by Gasteiger charge is -2.31. The molecule has 0 atom stereocenters. The number of anilines is 1. The number of benzene rings is 1. The maximum atomic E-state index is 12.7. The third-order valence-corrected chi connectivity index (χ3v) is 5.54. The summed E-state index contributed by atoms with van der Waals surface area (Å²) in [4.78, 5) is 53.5. The molecule has 0 unspecified atom stereocenters. The van der Waals surface area contributed by atoms with Gasteiger partial charge in [-0.2, -0.15) is 0 Å². The number of amides is 2. The minimum Gasteiger partial charge on any atom is -0.407 e. The van der Waals surface area contributed by atoms with E-state index in [-0.39, 0.29) is 35.5 Å². The van der Waals surface area contributed by atoms with Crippen molar-refractivity contribution >= 4 is 34.4 Å². The monoisotopic (exact) mass is 439 g/mol. The number of fused-ring (bicyclic) bond motifs is 1. The van der Waals surface area contributed by atoms with Crippen molar-refractivity contribution in [3.8, 4) is 0 Å². The van der Waals surface area contributed by atoms with Gasteiger partial charge in [0, 0.05) is 31.3 Å². The second kappa shape index (κ2) is 8.61. The summed E-state index contributed by atoms with van der Waals surface area (Å²) < 4.78 is 6.22. The molecular weight excluding hydrogens is 418 g/mol. The Balaban J connectivity index is 1.37. The molecule has 1 saturated heterocycles. The Morgan fingerprint density at radius 3 is 2.66 bits per heavy atom. The van der Waals surface area contributed by atoms with Gasteiger partial charge in [0.25, 0.3) is 5.69 Å². The van der Waals surface area contributed by atoms with Gasteiger partial charge in [-0.1, -0.05) is 6.07 Å². The highest BCUT2D eigenvalue weighted by molar-refractivity contribution is 5.92. The van der Waals surface area contributed by atoms with Crippen molar-refractivity contribution in [2.75, 3.05) is 18.4 Å². The number of likely N-dealkylation sites (tertiary alicyclic amines) is 1. The van der Waals surface area contributed by atoms with E-state index in [1.54, 1.807) is 17.2 Å². The summed E-state index contributed by atoms with van der Waals surface area (Å²) >= 11 is 0. The molecule has 3 heterocycles. The number of nitrogens with one attached hydrogen (secondary N) is 1. The number of aryl methyl sites for hydroxylation is 1. The number of non-ortho nitro benzene ring substituents is 1. The molecule has 11 nitrogen and oxygen atoms in total. The molecule has 0 bridgehead atoms. The van der Waals surface area contributed by atoms with Crippen LogP contribution < -0.4 is 11.1 Å². The first-order valence-corrected chi connectivity index (χ1v) is 10.1. The Morgan fingerprint density at radius 1 is 1.25 bits per heavy atom. The third-order valence-electron chi connectivity index (χ3n) is 5.54. The number of rotatable bonds is 5. The molecule has 166 valence electrons. The number of carbonyl (C=O) groups excluding carboxylic acids is 2. The summed E-state index contributed by atoms with van der Waals surface area (Å²) in [5.41, 5.74) is 1.16. The summed E-state index contributed by atoms with van der Waals surface area (Å²) in [7, 11) is 0. The van der Waals surface area contributed by atoms with Crippen LogP contribution in [0, 0.1) is 23.0 Å². The fourth-order valence-corrected chi connectivity index (χ4v) is 3.71. The summed E-state index contributed by atoms with van der Waals surface area (Å²) in [5.74, 6) is -0.918. The minimum absolute atomic E-state index is 0.0529. The van der Waals surface area contributed by atoms with Crippen LogP contribution in [0.15, 0.2) is 45.7 Å². The van der Waals surface area contributed by atoms with Crippen molar-refractivity contribution in [3.63, 3.8) is 0 Å². The van der Waals surface area contributed by atoms with Gasteiger partial charge in [0.1, 0.15) is 12.4 Å². The van der Waals surface area contributed by atoms with Gasteiger partial charge in [-0.3, -0.25) is 24.3 Å². The standard InChI is InChI=1S/C21H21N5O6/c1-13-2-5-18(22-11-13)23-20(28)14-6-8-24(9-7-14)19(27)12-25-16-4-3-15(26(30)31)10-17(16)32-21(25)29/h2-5,10-11,14H,6-9,12H2,1H3,(H,22,23,28). The zero-order valence-electron chi connectivity index (χ0n) is 17.3. The van der Waals surface area contributed by atoms with Crippen LogP contribution >= 0.6 is 0 Å². The number of pyridine rings is 1. The van der Waals surface area contributed by atoms with E-state index in [4.69, 9.17) is 4.42 Å². The smallest absolute Gasteiger partial charge is 0.407 e. The highest BCUT2D eigenvalue weighted by atomic mass is 16.6. The number of hydrogen-bond donors (Lipinski definition) is 1. The molecule has 1 aliphatic rings. The van der Waals surface area contributed by atoms with Crippen molar-refractivity contribution in [1.29, 1.82) is 0 Å². The molecule has 0 saturated carbocycles. The van der Waals surface area contributed by atoms with Crippen molar-refractivity contribution in [2.45, 2.75) is 26.3 Å². The quantitative estimate of drug-likeness (QED) is 0.474. The Labute approximate surface area is 181 Å². The minimum atomic E-state index is -0.756. The van der Waals surface area contributed by atoms with Crippen LogP contribution in [0.4, 0.5) is 11.5 Å². The predicted octanol–water partition coefficient (Wildman–Crippen LogP) is 2.08. The molecule has 2 amide bonds. The molecule has 11 heteroatoms. The van der Waals surface area contributed by atoms with E-state index in [1.165, 1.54) is 12.1 Å². The summed E-state index contributed by atoms with van der Waals surface area (Å²) in [6.45, 7) is 2.44. The molecular formula is C21H21N5O6. The van der Waals surface area contributed by atoms with Gasteiger partial charge in [-0.25, -0.2) is 9.78 Å². The van der Waals surface area contributed by atoms with E-state index in [2.05, 4.69) is 10.3 Å². The fourth-order valence-electron chi connectivity index (χ4n) is 3.71. The summed E-state index contributed by atoms with van der Waals surface area (Å²) in [5, 5.41) is 13.7. The maximum absolute atomic E-state index is 12.7. The first kappa shape index (κ1) is 21.2. The third kappa shape index (κ3) is 4.36. The first-order valence-electron chi connectivity index (χ1n) is 10.1. The Kier molecular flexibility index (Phi) is 5.71. The SMILES string of the molecule is Cc1ccc(NC(=O)C2CCN(C(=O)Cn3c(=O)oc4cc([N+](=O)[O-])ccc43)CC2)nc1. The van der Waals surface area contributed by atoms with Crippen LogP contribution in [0.2, 0.25) is 0 Å². The molecule has 1 aromatic carbocycles. The van der Waals surface area contributed by atoms with Crippen molar-refractivity contribution < 1.29 is 18.9 Å². The van der Waals surface area contributed by atoms with Crippen LogP contribution in [0.1, 0.15) is 18.4 Å². The van der Waals surface area contributed by atoms with Gasteiger partial charge in [0.2, 0.25) is 11.8 Å². The van der Waals surface area contributed by atoms with Crippen molar-refractivity contribution in [2.24, 2.45) is 5.92 Å².